The highest BCUT2D eigenvalue weighted by molar-refractivity contribution is 5.88. The second-order valence-electron chi connectivity index (χ2n) is 5.12. The van der Waals surface area contributed by atoms with Crippen molar-refractivity contribution in [1.82, 2.24) is 4.90 Å². The fourth-order valence-corrected chi connectivity index (χ4v) is 2.75. The number of nitrogens with zero attached hydrogens (tertiary/aromatic N) is 1. The van der Waals surface area contributed by atoms with Crippen LogP contribution in [-0.2, 0) is 9.59 Å². The first kappa shape index (κ1) is 15.0. The van der Waals surface area contributed by atoms with E-state index in [1.165, 1.54) is 0 Å². The molecule has 0 saturated carbocycles. The number of hydrogen-bond donors (Lipinski definition) is 2. The van der Waals surface area contributed by atoms with Gasteiger partial charge in [0.1, 0.15) is 5.54 Å². The van der Waals surface area contributed by atoms with Gasteiger partial charge in [-0.1, -0.05) is 13.8 Å². The largest absolute Gasteiger partial charge is 0.479 e. The number of aliphatic carboxylic acids is 1. The maximum atomic E-state index is 12.4. The molecule has 0 aromatic heterocycles. The molecule has 0 spiro atoms. The number of carbonyl (C=O) groups excluding carboxylic acids is 1. The highest BCUT2D eigenvalue weighted by Gasteiger charge is 2.49. The van der Waals surface area contributed by atoms with Gasteiger partial charge < -0.3 is 15.7 Å². The van der Waals surface area contributed by atoms with Crippen molar-refractivity contribution in [2.24, 2.45) is 11.7 Å². The number of nitrogens with two attached hydrogens (primary N) is 1. The fourth-order valence-electron chi connectivity index (χ4n) is 2.75. The summed E-state index contributed by atoms with van der Waals surface area (Å²) in [6, 6.07) is 0. The summed E-state index contributed by atoms with van der Waals surface area (Å²) >= 11 is 0. The standard InChI is InChI=1S/C13H24N2O3/c1-3-13(12(17)18)7-5-9-15(13)11(16)10(2)6-4-8-14/h10H,3-9,14H2,1-2H3,(H,17,18). The number of carboxylic acids is 1. The van der Waals surface area contributed by atoms with Crippen molar-refractivity contribution in [2.45, 2.75) is 51.5 Å². The average molecular weight is 256 g/mol. The summed E-state index contributed by atoms with van der Waals surface area (Å²) in [6.45, 7) is 4.82. The van der Waals surface area contributed by atoms with Gasteiger partial charge in [-0.15, -0.1) is 0 Å². The van der Waals surface area contributed by atoms with Crippen LogP contribution in [-0.4, -0.2) is 40.5 Å². The van der Waals surface area contributed by atoms with Crippen LogP contribution >= 0.6 is 0 Å². The van der Waals surface area contributed by atoms with E-state index < -0.39 is 11.5 Å². The second-order valence-corrected chi connectivity index (χ2v) is 5.12. The van der Waals surface area contributed by atoms with Crippen LogP contribution in [0, 0.1) is 5.92 Å². The molecule has 0 aliphatic carbocycles. The van der Waals surface area contributed by atoms with Crippen molar-refractivity contribution >= 4 is 11.9 Å². The van der Waals surface area contributed by atoms with Gasteiger partial charge >= 0.3 is 5.97 Å². The predicted octanol–water partition coefficient (Wildman–Crippen LogP) is 1.22. The molecule has 0 radical (unpaired) electrons. The molecule has 1 heterocycles. The van der Waals surface area contributed by atoms with Gasteiger partial charge in [0.15, 0.2) is 0 Å². The molecule has 1 fully saturated rings. The molecule has 2 atom stereocenters. The molecule has 5 heteroatoms. The monoisotopic (exact) mass is 256 g/mol. The summed E-state index contributed by atoms with van der Waals surface area (Å²) in [6.07, 6.45) is 3.33. The number of likely N-dealkylation sites (tertiary alicyclic amines) is 1. The van der Waals surface area contributed by atoms with E-state index in [4.69, 9.17) is 5.73 Å². The van der Waals surface area contributed by atoms with Crippen LogP contribution in [0.1, 0.15) is 46.0 Å². The van der Waals surface area contributed by atoms with Crippen molar-refractivity contribution in [2.75, 3.05) is 13.1 Å². The Labute approximate surface area is 108 Å². The van der Waals surface area contributed by atoms with Gasteiger partial charge in [-0.2, -0.15) is 0 Å². The summed E-state index contributed by atoms with van der Waals surface area (Å²) in [5, 5.41) is 9.43. The van der Waals surface area contributed by atoms with Crippen molar-refractivity contribution in [3.8, 4) is 0 Å². The Morgan fingerprint density at radius 2 is 2.17 bits per heavy atom. The number of carbonyl (C=O) groups is 2. The Morgan fingerprint density at radius 3 is 2.67 bits per heavy atom. The summed E-state index contributed by atoms with van der Waals surface area (Å²) < 4.78 is 0. The Bertz CT molecular complexity index is 319. The zero-order valence-electron chi connectivity index (χ0n) is 11.3. The number of hydrogen-bond acceptors (Lipinski definition) is 3. The van der Waals surface area contributed by atoms with Crippen LogP contribution in [0.2, 0.25) is 0 Å². The average Bonchev–Trinajstić information content (AvgIpc) is 2.79. The van der Waals surface area contributed by atoms with Crippen LogP contribution in [0.5, 0.6) is 0 Å². The highest BCUT2D eigenvalue weighted by atomic mass is 16.4. The van der Waals surface area contributed by atoms with Gasteiger partial charge in [-0.25, -0.2) is 4.79 Å². The molecule has 1 amide bonds. The third kappa shape index (κ3) is 2.66. The molecule has 0 bridgehead atoms. The topological polar surface area (TPSA) is 83.6 Å². The van der Waals surface area contributed by atoms with E-state index in [-0.39, 0.29) is 11.8 Å². The summed E-state index contributed by atoms with van der Waals surface area (Å²) in [5.74, 6) is -1.05. The van der Waals surface area contributed by atoms with Crippen LogP contribution in [0.25, 0.3) is 0 Å². The molecule has 104 valence electrons. The molecule has 0 aromatic rings. The summed E-state index contributed by atoms with van der Waals surface area (Å²) in [7, 11) is 0. The first-order chi connectivity index (χ1) is 8.49. The maximum Gasteiger partial charge on any atom is 0.329 e. The Balaban J connectivity index is 2.80. The second kappa shape index (κ2) is 6.18. The zero-order chi connectivity index (χ0) is 13.8. The summed E-state index contributed by atoms with van der Waals surface area (Å²) in [5.41, 5.74) is 4.46. The van der Waals surface area contributed by atoms with Crippen LogP contribution in [0.15, 0.2) is 0 Å². The van der Waals surface area contributed by atoms with Gasteiger partial charge in [0.25, 0.3) is 0 Å². The molecule has 5 nitrogen and oxygen atoms in total. The van der Waals surface area contributed by atoms with Crippen molar-refractivity contribution in [3.63, 3.8) is 0 Å². The van der Waals surface area contributed by atoms with Crippen LogP contribution in [0.3, 0.4) is 0 Å². The molecule has 1 rings (SSSR count). The number of amides is 1. The third-order valence-electron chi connectivity index (χ3n) is 4.00. The van der Waals surface area contributed by atoms with E-state index >= 15 is 0 Å². The molecule has 0 aromatic carbocycles. The van der Waals surface area contributed by atoms with Crippen molar-refractivity contribution < 1.29 is 14.7 Å². The fraction of sp³-hybridized carbons (Fsp3) is 0.846. The van der Waals surface area contributed by atoms with E-state index in [0.29, 0.717) is 25.9 Å². The van der Waals surface area contributed by atoms with E-state index in [1.807, 2.05) is 13.8 Å². The summed E-state index contributed by atoms with van der Waals surface area (Å²) in [4.78, 5) is 25.4. The van der Waals surface area contributed by atoms with E-state index in [1.54, 1.807) is 4.90 Å². The lowest BCUT2D eigenvalue weighted by molar-refractivity contribution is -0.158. The predicted molar refractivity (Wildman–Crippen MR) is 69.1 cm³/mol. The Hall–Kier alpha value is -1.10. The van der Waals surface area contributed by atoms with Gasteiger partial charge in [-0.3, -0.25) is 4.79 Å². The molecule has 1 aliphatic heterocycles. The Kier molecular flexibility index (Phi) is 5.14. The molecule has 3 N–H and O–H groups in total. The lowest BCUT2D eigenvalue weighted by Crippen LogP contribution is -2.54. The lowest BCUT2D eigenvalue weighted by atomic mass is 9.91. The molecule has 2 unspecified atom stereocenters. The zero-order valence-corrected chi connectivity index (χ0v) is 11.3. The first-order valence-corrected chi connectivity index (χ1v) is 6.74. The molecule has 1 saturated heterocycles. The highest BCUT2D eigenvalue weighted by Crippen LogP contribution is 2.34. The SMILES string of the molecule is CCC1(C(=O)O)CCCN1C(=O)C(C)CCCN. The quantitative estimate of drug-likeness (QED) is 0.748. The normalized spacial score (nSPS) is 25.2. The smallest absolute Gasteiger partial charge is 0.329 e. The Morgan fingerprint density at radius 1 is 1.50 bits per heavy atom. The van der Waals surface area contributed by atoms with E-state index in [0.717, 1.165) is 19.3 Å². The molecular weight excluding hydrogens is 232 g/mol. The minimum absolute atomic E-state index is 0.0369. The van der Waals surface area contributed by atoms with Crippen molar-refractivity contribution in [3.05, 3.63) is 0 Å². The van der Waals surface area contributed by atoms with E-state index in [9.17, 15) is 14.7 Å². The minimum Gasteiger partial charge on any atom is -0.479 e. The van der Waals surface area contributed by atoms with Gasteiger partial charge in [0.05, 0.1) is 0 Å². The van der Waals surface area contributed by atoms with Gasteiger partial charge in [0, 0.05) is 12.5 Å². The van der Waals surface area contributed by atoms with Crippen molar-refractivity contribution in [1.29, 1.82) is 0 Å². The molecule has 18 heavy (non-hydrogen) atoms. The van der Waals surface area contributed by atoms with Gasteiger partial charge in [0.2, 0.25) is 5.91 Å². The van der Waals surface area contributed by atoms with Crippen LogP contribution < -0.4 is 5.73 Å². The number of carboxylic acid groups (broad SMARTS) is 1. The maximum absolute atomic E-state index is 12.4. The lowest BCUT2D eigenvalue weighted by Gasteiger charge is -2.35. The third-order valence-corrected chi connectivity index (χ3v) is 4.00. The first-order valence-electron chi connectivity index (χ1n) is 6.74. The number of rotatable bonds is 6. The van der Waals surface area contributed by atoms with Gasteiger partial charge in [-0.05, 0) is 38.6 Å². The van der Waals surface area contributed by atoms with E-state index in [2.05, 4.69) is 0 Å². The molecular formula is C13H24N2O3. The minimum atomic E-state index is -0.978. The van der Waals surface area contributed by atoms with Crippen LogP contribution in [0.4, 0.5) is 0 Å². The molecule has 1 aliphatic rings.